The fourth-order valence-corrected chi connectivity index (χ4v) is 4.54. The van der Waals surface area contributed by atoms with E-state index in [1.165, 1.54) is 21.8 Å². The molecule has 7 heteroatoms. The maximum Gasteiger partial charge on any atom is 0.292 e. The normalized spacial score (nSPS) is 14.6. The van der Waals surface area contributed by atoms with Crippen LogP contribution >= 0.6 is 0 Å². The number of nitrogens with zero attached hydrogens (tertiary/aromatic N) is 4. The third-order valence-corrected chi connectivity index (χ3v) is 6.25. The van der Waals surface area contributed by atoms with E-state index in [-0.39, 0.29) is 17.6 Å². The van der Waals surface area contributed by atoms with Gasteiger partial charge in [0, 0.05) is 66.7 Å². The molecule has 1 aliphatic heterocycles. The number of piperazine rings is 1. The van der Waals surface area contributed by atoms with E-state index in [4.69, 9.17) is 4.52 Å². The number of amides is 2. The van der Waals surface area contributed by atoms with Crippen molar-refractivity contribution in [2.24, 2.45) is 0 Å². The summed E-state index contributed by atoms with van der Waals surface area (Å²) in [6.45, 7) is 6.76. The van der Waals surface area contributed by atoms with Crippen LogP contribution in [0.15, 0.2) is 59.1 Å². The van der Waals surface area contributed by atoms with Crippen LogP contribution in [0.3, 0.4) is 0 Å². The first-order valence-corrected chi connectivity index (χ1v) is 11.3. The average molecular weight is 443 g/mol. The number of fused-ring (bicyclic) bond motifs is 3. The Bertz CT molecular complexity index is 1370. The first-order valence-electron chi connectivity index (χ1n) is 11.3. The Labute approximate surface area is 191 Å². The molecule has 168 valence electrons. The van der Waals surface area contributed by atoms with E-state index in [0.29, 0.717) is 31.9 Å². The molecule has 2 aromatic heterocycles. The molecule has 0 spiro atoms. The van der Waals surface area contributed by atoms with Crippen molar-refractivity contribution >= 4 is 39.7 Å². The fraction of sp³-hybridized carbons (Fsp3) is 0.269. The number of rotatable bonds is 4. The summed E-state index contributed by atoms with van der Waals surface area (Å²) in [4.78, 5) is 28.7. The van der Waals surface area contributed by atoms with Gasteiger partial charge in [0.2, 0.25) is 11.7 Å². The number of hydrogen-bond donors (Lipinski definition) is 0. The van der Waals surface area contributed by atoms with E-state index < -0.39 is 0 Å². The largest absolute Gasteiger partial charge is 0.351 e. The third-order valence-electron chi connectivity index (χ3n) is 6.25. The summed E-state index contributed by atoms with van der Waals surface area (Å²) in [7, 11) is 0. The van der Waals surface area contributed by atoms with Crippen LogP contribution in [0.2, 0.25) is 0 Å². The highest BCUT2D eigenvalue weighted by atomic mass is 16.5. The molecular weight excluding hydrogens is 416 g/mol. The van der Waals surface area contributed by atoms with Crippen LogP contribution in [0, 0.1) is 6.92 Å². The standard InChI is InChI=1S/C26H26N4O3/c1-3-30-22-7-5-4-6-20(22)21-17-19(8-10-23(21)30)9-11-25(31)28-12-14-29(15-13-28)26(32)24-16-18(2)27-33-24/h4-11,16-17H,3,12-15H2,1-2H3/b11-9+. The first-order chi connectivity index (χ1) is 16.0. The number of aromatic nitrogens is 2. The zero-order valence-electron chi connectivity index (χ0n) is 18.8. The molecule has 5 rings (SSSR count). The summed E-state index contributed by atoms with van der Waals surface area (Å²) in [5, 5.41) is 6.19. The highest BCUT2D eigenvalue weighted by Gasteiger charge is 2.26. The van der Waals surface area contributed by atoms with Gasteiger partial charge in [-0.25, -0.2) is 0 Å². The topological polar surface area (TPSA) is 71.6 Å². The second-order valence-electron chi connectivity index (χ2n) is 8.32. The summed E-state index contributed by atoms with van der Waals surface area (Å²) >= 11 is 0. The molecule has 3 heterocycles. The number of benzene rings is 2. The lowest BCUT2D eigenvalue weighted by atomic mass is 10.1. The summed E-state index contributed by atoms with van der Waals surface area (Å²) in [5.74, 6) is 0.0125. The maximum absolute atomic E-state index is 12.8. The minimum absolute atomic E-state index is 0.0475. The Morgan fingerprint density at radius 1 is 0.970 bits per heavy atom. The van der Waals surface area contributed by atoms with Gasteiger partial charge in [0.1, 0.15) is 0 Å². The molecule has 0 saturated carbocycles. The smallest absolute Gasteiger partial charge is 0.292 e. The van der Waals surface area contributed by atoms with Gasteiger partial charge in [0.25, 0.3) is 5.91 Å². The highest BCUT2D eigenvalue weighted by Crippen LogP contribution is 2.30. The minimum atomic E-state index is -0.183. The van der Waals surface area contributed by atoms with Crippen LogP contribution in [-0.4, -0.2) is 57.5 Å². The van der Waals surface area contributed by atoms with Gasteiger partial charge in [0.15, 0.2) is 0 Å². The van der Waals surface area contributed by atoms with E-state index in [1.54, 1.807) is 28.9 Å². The molecule has 7 nitrogen and oxygen atoms in total. The van der Waals surface area contributed by atoms with Gasteiger partial charge in [-0.15, -0.1) is 0 Å². The lowest BCUT2D eigenvalue weighted by molar-refractivity contribution is -0.127. The zero-order valence-corrected chi connectivity index (χ0v) is 18.8. The van der Waals surface area contributed by atoms with Crippen molar-refractivity contribution in [3.8, 4) is 0 Å². The van der Waals surface area contributed by atoms with Gasteiger partial charge in [-0.2, -0.15) is 0 Å². The van der Waals surface area contributed by atoms with E-state index in [0.717, 1.165) is 12.1 Å². The van der Waals surface area contributed by atoms with Crippen LogP contribution < -0.4 is 0 Å². The van der Waals surface area contributed by atoms with E-state index in [1.807, 2.05) is 12.1 Å². The molecule has 0 N–H and O–H groups in total. The number of aryl methyl sites for hydroxylation is 2. The Morgan fingerprint density at radius 3 is 2.42 bits per heavy atom. The lowest BCUT2D eigenvalue weighted by Gasteiger charge is -2.33. The van der Waals surface area contributed by atoms with Crippen molar-refractivity contribution in [1.29, 1.82) is 0 Å². The molecule has 1 fully saturated rings. The minimum Gasteiger partial charge on any atom is -0.351 e. The molecule has 2 amide bonds. The Morgan fingerprint density at radius 2 is 1.70 bits per heavy atom. The molecule has 0 radical (unpaired) electrons. The number of carbonyl (C=O) groups excluding carboxylic acids is 2. The molecule has 1 aliphatic rings. The molecular formula is C26H26N4O3. The second-order valence-corrected chi connectivity index (χ2v) is 8.32. The summed E-state index contributed by atoms with van der Waals surface area (Å²) in [5.41, 5.74) is 4.09. The quantitative estimate of drug-likeness (QED) is 0.446. The van der Waals surface area contributed by atoms with Gasteiger partial charge in [0.05, 0.1) is 5.69 Å². The summed E-state index contributed by atoms with van der Waals surface area (Å²) in [6.07, 6.45) is 3.49. The SMILES string of the molecule is CCn1c2ccccc2c2cc(/C=C/C(=O)N3CCN(C(=O)c4cc(C)no4)CC3)ccc21. The van der Waals surface area contributed by atoms with Crippen LogP contribution in [0.25, 0.3) is 27.9 Å². The van der Waals surface area contributed by atoms with Crippen LogP contribution in [0.1, 0.15) is 28.7 Å². The van der Waals surface area contributed by atoms with E-state index in [9.17, 15) is 9.59 Å². The van der Waals surface area contributed by atoms with Crippen molar-refractivity contribution in [2.45, 2.75) is 20.4 Å². The summed E-state index contributed by atoms with van der Waals surface area (Å²) < 4.78 is 7.38. The fourth-order valence-electron chi connectivity index (χ4n) is 4.54. The molecule has 1 saturated heterocycles. The van der Waals surface area contributed by atoms with Crippen LogP contribution in [0.5, 0.6) is 0 Å². The van der Waals surface area contributed by atoms with E-state index >= 15 is 0 Å². The predicted molar refractivity (Wildman–Crippen MR) is 128 cm³/mol. The molecule has 0 atom stereocenters. The van der Waals surface area contributed by atoms with Gasteiger partial charge < -0.3 is 18.9 Å². The van der Waals surface area contributed by atoms with Crippen molar-refractivity contribution in [1.82, 2.24) is 19.5 Å². The zero-order chi connectivity index (χ0) is 22.9. The van der Waals surface area contributed by atoms with Crippen molar-refractivity contribution in [3.05, 3.63) is 71.6 Å². The molecule has 0 aliphatic carbocycles. The molecule has 4 aromatic rings. The summed E-state index contributed by atoms with van der Waals surface area (Å²) in [6, 6.07) is 16.4. The van der Waals surface area contributed by atoms with Gasteiger partial charge in [-0.05, 0) is 43.7 Å². The average Bonchev–Trinajstić information content (AvgIpc) is 3.43. The van der Waals surface area contributed by atoms with Crippen LogP contribution in [-0.2, 0) is 11.3 Å². The van der Waals surface area contributed by atoms with Crippen LogP contribution in [0.4, 0.5) is 0 Å². The van der Waals surface area contributed by atoms with E-state index in [2.05, 4.69) is 53.0 Å². The number of carbonyl (C=O) groups is 2. The monoisotopic (exact) mass is 442 g/mol. The van der Waals surface area contributed by atoms with Gasteiger partial charge >= 0.3 is 0 Å². The molecule has 33 heavy (non-hydrogen) atoms. The Hall–Kier alpha value is -3.87. The first kappa shape index (κ1) is 21.0. The van der Waals surface area contributed by atoms with Crippen molar-refractivity contribution in [3.63, 3.8) is 0 Å². The Balaban J connectivity index is 1.27. The predicted octanol–water partition coefficient (Wildman–Crippen LogP) is 4.11. The van der Waals surface area contributed by atoms with Crippen molar-refractivity contribution < 1.29 is 14.1 Å². The van der Waals surface area contributed by atoms with Crippen molar-refractivity contribution in [2.75, 3.05) is 26.2 Å². The maximum atomic E-state index is 12.8. The number of para-hydroxylation sites is 1. The third kappa shape index (κ3) is 3.91. The van der Waals surface area contributed by atoms with Gasteiger partial charge in [-0.1, -0.05) is 29.4 Å². The highest BCUT2D eigenvalue weighted by molar-refractivity contribution is 6.08. The Kier molecular flexibility index (Phi) is 5.46. The molecule has 0 bridgehead atoms. The lowest BCUT2D eigenvalue weighted by Crippen LogP contribution is -2.50. The molecule has 2 aromatic carbocycles. The molecule has 0 unspecified atom stereocenters. The van der Waals surface area contributed by atoms with Gasteiger partial charge in [-0.3, -0.25) is 9.59 Å². The number of hydrogen-bond acceptors (Lipinski definition) is 4. The second kappa shape index (κ2) is 8.58.